The molecule has 0 saturated carbocycles. The first-order valence-corrected chi connectivity index (χ1v) is 7.30. The van der Waals surface area contributed by atoms with E-state index in [1.807, 2.05) is 18.2 Å². The van der Waals surface area contributed by atoms with Crippen molar-refractivity contribution in [3.05, 3.63) is 53.2 Å². The second-order valence-electron chi connectivity index (χ2n) is 5.28. The summed E-state index contributed by atoms with van der Waals surface area (Å²) in [7, 11) is 0. The first kappa shape index (κ1) is 12.7. The van der Waals surface area contributed by atoms with Gasteiger partial charge in [-0.25, -0.2) is 4.98 Å². The molecule has 0 unspecified atom stereocenters. The molecule has 1 aromatic carbocycles. The molecule has 0 radical (unpaired) electrons. The fourth-order valence-electron chi connectivity index (χ4n) is 2.74. The van der Waals surface area contributed by atoms with Crippen LogP contribution in [-0.4, -0.2) is 31.2 Å². The minimum Gasteiger partial charge on any atom is -0.315 e. The second-order valence-corrected chi connectivity index (χ2v) is 5.64. The molecule has 0 saturated heterocycles. The van der Waals surface area contributed by atoms with E-state index < -0.39 is 0 Å². The molecule has 0 aliphatic carbocycles. The molecule has 5 nitrogen and oxygen atoms in total. The second kappa shape index (κ2) is 5.09. The van der Waals surface area contributed by atoms with Crippen LogP contribution in [0.5, 0.6) is 0 Å². The van der Waals surface area contributed by atoms with E-state index in [0.29, 0.717) is 5.15 Å². The van der Waals surface area contributed by atoms with Crippen LogP contribution in [0.1, 0.15) is 11.4 Å². The maximum absolute atomic E-state index is 6.33. The number of rotatable bonds is 2. The molecular weight excluding hydrogens is 286 g/mol. The standard InChI is InChI=1S/C15H14ClN5/c16-15-12(7-11-3-1-2-4-13(11)18-15)8-20-5-6-21-10-17-19-14(21)9-20/h1-4,7,10H,5-6,8-9H2. The molecule has 1 aliphatic heterocycles. The van der Waals surface area contributed by atoms with Crippen LogP contribution < -0.4 is 0 Å². The van der Waals surface area contributed by atoms with E-state index in [0.717, 1.165) is 48.5 Å². The lowest BCUT2D eigenvalue weighted by atomic mass is 10.1. The molecule has 0 amide bonds. The number of benzene rings is 1. The first-order chi connectivity index (χ1) is 10.3. The van der Waals surface area contributed by atoms with Gasteiger partial charge in [0.25, 0.3) is 0 Å². The maximum atomic E-state index is 6.33. The number of para-hydroxylation sites is 1. The van der Waals surface area contributed by atoms with E-state index >= 15 is 0 Å². The van der Waals surface area contributed by atoms with E-state index in [-0.39, 0.29) is 0 Å². The highest BCUT2D eigenvalue weighted by atomic mass is 35.5. The zero-order chi connectivity index (χ0) is 14.2. The summed E-state index contributed by atoms with van der Waals surface area (Å²) in [5.74, 6) is 1.01. The number of hydrogen-bond acceptors (Lipinski definition) is 4. The topological polar surface area (TPSA) is 46.8 Å². The van der Waals surface area contributed by atoms with Crippen molar-refractivity contribution in [3.63, 3.8) is 0 Å². The zero-order valence-electron chi connectivity index (χ0n) is 11.4. The van der Waals surface area contributed by atoms with Crippen molar-refractivity contribution in [2.75, 3.05) is 6.54 Å². The summed E-state index contributed by atoms with van der Waals surface area (Å²) in [6.07, 6.45) is 1.79. The molecule has 1 aliphatic rings. The van der Waals surface area contributed by atoms with Gasteiger partial charge in [0.2, 0.25) is 0 Å². The van der Waals surface area contributed by atoms with Gasteiger partial charge in [-0.3, -0.25) is 4.90 Å². The predicted octanol–water partition coefficient (Wildman–Crippen LogP) is 2.50. The summed E-state index contributed by atoms with van der Waals surface area (Å²) in [6.45, 7) is 3.46. The summed E-state index contributed by atoms with van der Waals surface area (Å²) in [5.41, 5.74) is 1.99. The van der Waals surface area contributed by atoms with Crippen LogP contribution in [0.25, 0.3) is 10.9 Å². The summed E-state index contributed by atoms with van der Waals surface area (Å²) >= 11 is 6.33. The number of aromatic nitrogens is 4. The van der Waals surface area contributed by atoms with Crippen LogP contribution in [0.15, 0.2) is 36.7 Å². The van der Waals surface area contributed by atoms with Gasteiger partial charge in [-0.05, 0) is 12.1 Å². The van der Waals surface area contributed by atoms with Gasteiger partial charge in [-0.15, -0.1) is 10.2 Å². The Morgan fingerprint density at radius 1 is 1.19 bits per heavy atom. The molecule has 2 aromatic heterocycles. The highest BCUT2D eigenvalue weighted by Gasteiger charge is 2.18. The lowest BCUT2D eigenvalue weighted by Crippen LogP contribution is -2.33. The van der Waals surface area contributed by atoms with Crippen molar-refractivity contribution in [3.8, 4) is 0 Å². The third-order valence-electron chi connectivity index (χ3n) is 3.86. The van der Waals surface area contributed by atoms with Crippen LogP contribution in [0.3, 0.4) is 0 Å². The minimum atomic E-state index is 0.584. The van der Waals surface area contributed by atoms with Gasteiger partial charge < -0.3 is 4.57 Å². The van der Waals surface area contributed by atoms with E-state index in [1.54, 1.807) is 6.33 Å². The summed E-state index contributed by atoms with van der Waals surface area (Å²) < 4.78 is 2.09. The molecule has 0 atom stereocenters. The van der Waals surface area contributed by atoms with E-state index in [1.165, 1.54) is 0 Å². The van der Waals surface area contributed by atoms with Crippen LogP contribution >= 0.6 is 11.6 Å². The molecule has 0 fully saturated rings. The third kappa shape index (κ3) is 2.39. The van der Waals surface area contributed by atoms with Crippen LogP contribution in [0.4, 0.5) is 0 Å². The number of hydrogen-bond donors (Lipinski definition) is 0. The Hall–Kier alpha value is -1.98. The Bertz CT molecular complexity index is 798. The Morgan fingerprint density at radius 2 is 2.10 bits per heavy atom. The third-order valence-corrected chi connectivity index (χ3v) is 4.19. The zero-order valence-corrected chi connectivity index (χ0v) is 12.2. The number of fused-ring (bicyclic) bond motifs is 2. The largest absolute Gasteiger partial charge is 0.315 e. The number of halogens is 1. The van der Waals surface area contributed by atoms with Gasteiger partial charge in [0.1, 0.15) is 17.3 Å². The quantitative estimate of drug-likeness (QED) is 0.682. The molecule has 21 heavy (non-hydrogen) atoms. The maximum Gasteiger partial charge on any atom is 0.147 e. The summed E-state index contributed by atoms with van der Waals surface area (Å²) in [4.78, 5) is 6.80. The number of nitrogens with zero attached hydrogens (tertiary/aromatic N) is 5. The molecule has 0 bridgehead atoms. The first-order valence-electron chi connectivity index (χ1n) is 6.93. The van der Waals surface area contributed by atoms with Gasteiger partial charge in [-0.2, -0.15) is 0 Å². The Kier molecular flexibility index (Phi) is 3.09. The lowest BCUT2D eigenvalue weighted by molar-refractivity contribution is 0.208. The minimum absolute atomic E-state index is 0.584. The molecule has 3 heterocycles. The fourth-order valence-corrected chi connectivity index (χ4v) is 2.94. The van der Waals surface area contributed by atoms with Gasteiger partial charge in [0, 0.05) is 30.6 Å². The van der Waals surface area contributed by atoms with Crippen molar-refractivity contribution < 1.29 is 0 Å². The Balaban J connectivity index is 1.61. The molecule has 4 rings (SSSR count). The summed E-state index contributed by atoms with van der Waals surface area (Å²) in [5, 5.41) is 9.80. The number of pyridine rings is 1. The van der Waals surface area contributed by atoms with Crippen molar-refractivity contribution in [2.45, 2.75) is 19.6 Å². The highest BCUT2D eigenvalue weighted by molar-refractivity contribution is 6.30. The molecule has 0 N–H and O–H groups in total. The predicted molar refractivity (Wildman–Crippen MR) is 80.9 cm³/mol. The molecular formula is C15H14ClN5. The average molecular weight is 300 g/mol. The smallest absolute Gasteiger partial charge is 0.147 e. The summed E-state index contributed by atoms with van der Waals surface area (Å²) in [6, 6.07) is 10.2. The van der Waals surface area contributed by atoms with Crippen molar-refractivity contribution in [1.82, 2.24) is 24.6 Å². The SMILES string of the molecule is Clc1nc2ccccc2cc1CN1CCn2cnnc2C1. The van der Waals surface area contributed by atoms with Crippen molar-refractivity contribution in [2.24, 2.45) is 0 Å². The Labute approximate surface area is 127 Å². The normalized spacial score (nSPS) is 15.3. The van der Waals surface area contributed by atoms with E-state index in [9.17, 15) is 0 Å². The lowest BCUT2D eigenvalue weighted by Gasteiger charge is -2.27. The molecule has 0 spiro atoms. The van der Waals surface area contributed by atoms with E-state index in [2.05, 4.69) is 36.8 Å². The van der Waals surface area contributed by atoms with Crippen molar-refractivity contribution >= 4 is 22.5 Å². The molecule has 6 heteroatoms. The van der Waals surface area contributed by atoms with Crippen LogP contribution in [0.2, 0.25) is 5.15 Å². The van der Waals surface area contributed by atoms with Gasteiger partial charge in [-0.1, -0.05) is 29.8 Å². The van der Waals surface area contributed by atoms with Gasteiger partial charge in [0.15, 0.2) is 0 Å². The monoisotopic (exact) mass is 299 g/mol. The van der Waals surface area contributed by atoms with Crippen LogP contribution in [-0.2, 0) is 19.6 Å². The average Bonchev–Trinajstić information content (AvgIpc) is 2.95. The van der Waals surface area contributed by atoms with Gasteiger partial charge in [0.05, 0.1) is 12.1 Å². The fraction of sp³-hybridized carbons (Fsp3) is 0.267. The molecule has 106 valence electrons. The molecule has 3 aromatic rings. The van der Waals surface area contributed by atoms with Gasteiger partial charge >= 0.3 is 0 Å². The van der Waals surface area contributed by atoms with Crippen molar-refractivity contribution in [1.29, 1.82) is 0 Å². The van der Waals surface area contributed by atoms with Crippen LogP contribution in [0, 0.1) is 0 Å². The Morgan fingerprint density at radius 3 is 3.05 bits per heavy atom. The van der Waals surface area contributed by atoms with E-state index in [4.69, 9.17) is 11.6 Å². The highest BCUT2D eigenvalue weighted by Crippen LogP contribution is 2.23.